The van der Waals surface area contributed by atoms with Crippen LogP contribution in [0.25, 0.3) is 0 Å². The molecule has 0 radical (unpaired) electrons. The molecule has 1 fully saturated rings. The Labute approximate surface area is 116 Å². The standard InChI is InChI=1S/C14H28N2O3/c1-13(14(17)18)12-16(8-5-11-19-2)10-9-15-6-3-4-7-15/h13H,3-12H2,1-2H3,(H,17,18). The van der Waals surface area contributed by atoms with Gasteiger partial charge in [0.15, 0.2) is 0 Å². The molecule has 1 aliphatic heterocycles. The number of carboxylic acids is 1. The summed E-state index contributed by atoms with van der Waals surface area (Å²) in [5, 5.41) is 9.02. The maximum atomic E-state index is 11.0. The summed E-state index contributed by atoms with van der Waals surface area (Å²) in [5.74, 6) is -1.01. The molecule has 1 saturated heterocycles. The molecular weight excluding hydrogens is 244 g/mol. The van der Waals surface area contributed by atoms with E-state index in [9.17, 15) is 4.79 Å². The van der Waals surface area contributed by atoms with E-state index in [2.05, 4.69) is 9.80 Å². The van der Waals surface area contributed by atoms with Crippen LogP contribution in [-0.2, 0) is 9.53 Å². The first-order chi connectivity index (χ1) is 9.13. The van der Waals surface area contributed by atoms with E-state index in [1.54, 1.807) is 14.0 Å². The van der Waals surface area contributed by atoms with Crippen LogP contribution < -0.4 is 0 Å². The number of methoxy groups -OCH3 is 1. The van der Waals surface area contributed by atoms with Crippen molar-refractivity contribution in [2.75, 3.05) is 53.0 Å². The van der Waals surface area contributed by atoms with Crippen molar-refractivity contribution in [3.8, 4) is 0 Å². The Hall–Kier alpha value is -0.650. The SMILES string of the molecule is COCCCN(CCN1CCCC1)CC(C)C(=O)O. The Balaban J connectivity index is 2.31. The van der Waals surface area contributed by atoms with Gasteiger partial charge in [-0.25, -0.2) is 0 Å². The van der Waals surface area contributed by atoms with Crippen LogP contribution in [0, 0.1) is 5.92 Å². The summed E-state index contributed by atoms with van der Waals surface area (Å²) in [4.78, 5) is 15.7. The largest absolute Gasteiger partial charge is 0.481 e. The van der Waals surface area contributed by atoms with Gasteiger partial charge < -0.3 is 19.6 Å². The van der Waals surface area contributed by atoms with Crippen LogP contribution in [0.5, 0.6) is 0 Å². The van der Waals surface area contributed by atoms with Gasteiger partial charge in [0.1, 0.15) is 0 Å². The number of nitrogens with zero attached hydrogens (tertiary/aromatic N) is 2. The Morgan fingerprint density at radius 2 is 2.05 bits per heavy atom. The van der Waals surface area contributed by atoms with Crippen LogP contribution in [-0.4, -0.2) is 73.9 Å². The summed E-state index contributed by atoms with van der Waals surface area (Å²) in [7, 11) is 1.70. The molecule has 0 amide bonds. The van der Waals surface area contributed by atoms with Gasteiger partial charge in [0, 0.05) is 39.9 Å². The van der Waals surface area contributed by atoms with E-state index in [0.717, 1.165) is 32.7 Å². The lowest BCUT2D eigenvalue weighted by molar-refractivity contribution is -0.141. The van der Waals surface area contributed by atoms with E-state index in [-0.39, 0.29) is 5.92 Å². The van der Waals surface area contributed by atoms with Gasteiger partial charge in [0.05, 0.1) is 5.92 Å². The summed E-state index contributed by atoms with van der Waals surface area (Å²) >= 11 is 0. The molecule has 5 heteroatoms. The second kappa shape index (κ2) is 9.28. The molecule has 0 aliphatic carbocycles. The monoisotopic (exact) mass is 272 g/mol. The highest BCUT2D eigenvalue weighted by Crippen LogP contribution is 2.08. The Morgan fingerprint density at radius 3 is 2.63 bits per heavy atom. The van der Waals surface area contributed by atoms with Crippen molar-refractivity contribution < 1.29 is 14.6 Å². The molecule has 1 unspecified atom stereocenters. The van der Waals surface area contributed by atoms with Gasteiger partial charge in [-0.15, -0.1) is 0 Å². The van der Waals surface area contributed by atoms with Gasteiger partial charge in [0.25, 0.3) is 0 Å². The van der Waals surface area contributed by atoms with E-state index >= 15 is 0 Å². The molecule has 0 saturated carbocycles. The van der Waals surface area contributed by atoms with Crippen LogP contribution >= 0.6 is 0 Å². The molecule has 1 heterocycles. The maximum Gasteiger partial charge on any atom is 0.307 e. The first kappa shape index (κ1) is 16.4. The molecule has 112 valence electrons. The minimum Gasteiger partial charge on any atom is -0.481 e. The predicted molar refractivity (Wildman–Crippen MR) is 75.4 cm³/mol. The Kier molecular flexibility index (Phi) is 8.02. The first-order valence-electron chi connectivity index (χ1n) is 7.30. The molecule has 19 heavy (non-hydrogen) atoms. The summed E-state index contributed by atoms with van der Waals surface area (Å²) in [6.45, 7) is 8.47. The number of carbonyl (C=O) groups is 1. The number of rotatable bonds is 10. The number of likely N-dealkylation sites (tertiary alicyclic amines) is 1. The van der Waals surface area contributed by atoms with E-state index in [1.807, 2.05) is 0 Å². The molecule has 0 aromatic heterocycles. The third kappa shape index (κ3) is 6.89. The molecule has 5 nitrogen and oxygen atoms in total. The number of aliphatic carboxylic acids is 1. The summed E-state index contributed by atoms with van der Waals surface area (Å²) in [5.41, 5.74) is 0. The predicted octanol–water partition coefficient (Wildman–Crippen LogP) is 1.14. The summed E-state index contributed by atoms with van der Waals surface area (Å²) in [6, 6.07) is 0. The van der Waals surface area contributed by atoms with Gasteiger partial charge in [-0.3, -0.25) is 4.79 Å². The fraction of sp³-hybridized carbons (Fsp3) is 0.929. The zero-order valence-electron chi connectivity index (χ0n) is 12.3. The normalized spacial score (nSPS) is 18.1. The minimum atomic E-state index is -0.710. The molecular formula is C14H28N2O3. The molecule has 0 bridgehead atoms. The lowest BCUT2D eigenvalue weighted by Crippen LogP contribution is -2.38. The minimum absolute atomic E-state index is 0.305. The lowest BCUT2D eigenvalue weighted by Gasteiger charge is -2.26. The van der Waals surface area contributed by atoms with Gasteiger partial charge in [-0.05, 0) is 32.4 Å². The fourth-order valence-corrected chi connectivity index (χ4v) is 2.48. The average molecular weight is 272 g/mol. The molecule has 0 spiro atoms. The number of hydrogen-bond donors (Lipinski definition) is 1. The van der Waals surface area contributed by atoms with Crippen LogP contribution in [0.1, 0.15) is 26.2 Å². The average Bonchev–Trinajstić information content (AvgIpc) is 2.88. The van der Waals surface area contributed by atoms with Crippen molar-refractivity contribution in [2.45, 2.75) is 26.2 Å². The molecule has 1 atom stereocenters. The van der Waals surface area contributed by atoms with Crippen molar-refractivity contribution in [1.29, 1.82) is 0 Å². The quantitative estimate of drug-likeness (QED) is 0.604. The topological polar surface area (TPSA) is 53.0 Å². The Bertz CT molecular complexity index is 255. The molecule has 1 rings (SSSR count). The van der Waals surface area contributed by atoms with Gasteiger partial charge in [-0.1, -0.05) is 6.92 Å². The fourth-order valence-electron chi connectivity index (χ4n) is 2.48. The molecule has 0 aromatic carbocycles. The van der Waals surface area contributed by atoms with Crippen molar-refractivity contribution in [1.82, 2.24) is 9.80 Å². The maximum absolute atomic E-state index is 11.0. The summed E-state index contributed by atoms with van der Waals surface area (Å²) in [6.07, 6.45) is 3.56. The number of carboxylic acid groups (broad SMARTS) is 1. The van der Waals surface area contributed by atoms with Crippen molar-refractivity contribution in [3.05, 3.63) is 0 Å². The zero-order valence-corrected chi connectivity index (χ0v) is 12.3. The van der Waals surface area contributed by atoms with E-state index in [1.165, 1.54) is 25.9 Å². The highest BCUT2D eigenvalue weighted by molar-refractivity contribution is 5.69. The van der Waals surface area contributed by atoms with Crippen LogP contribution in [0.2, 0.25) is 0 Å². The third-order valence-electron chi connectivity index (χ3n) is 3.71. The van der Waals surface area contributed by atoms with Crippen molar-refractivity contribution >= 4 is 5.97 Å². The zero-order chi connectivity index (χ0) is 14.1. The third-order valence-corrected chi connectivity index (χ3v) is 3.71. The first-order valence-corrected chi connectivity index (χ1v) is 7.30. The lowest BCUT2D eigenvalue weighted by atomic mass is 10.1. The molecule has 1 N–H and O–H groups in total. The van der Waals surface area contributed by atoms with Crippen molar-refractivity contribution in [3.63, 3.8) is 0 Å². The van der Waals surface area contributed by atoms with Crippen LogP contribution in [0.4, 0.5) is 0 Å². The van der Waals surface area contributed by atoms with Gasteiger partial charge in [-0.2, -0.15) is 0 Å². The second-order valence-electron chi connectivity index (χ2n) is 5.43. The molecule has 0 aromatic rings. The smallest absolute Gasteiger partial charge is 0.307 e. The number of ether oxygens (including phenoxy) is 1. The van der Waals surface area contributed by atoms with E-state index in [0.29, 0.717) is 6.54 Å². The molecule has 1 aliphatic rings. The number of hydrogen-bond acceptors (Lipinski definition) is 4. The highest BCUT2D eigenvalue weighted by Gasteiger charge is 2.18. The van der Waals surface area contributed by atoms with Crippen molar-refractivity contribution in [2.24, 2.45) is 5.92 Å². The summed E-state index contributed by atoms with van der Waals surface area (Å²) < 4.78 is 5.07. The van der Waals surface area contributed by atoms with Gasteiger partial charge >= 0.3 is 5.97 Å². The Morgan fingerprint density at radius 1 is 1.37 bits per heavy atom. The van der Waals surface area contributed by atoms with E-state index < -0.39 is 5.97 Å². The van der Waals surface area contributed by atoms with Gasteiger partial charge in [0.2, 0.25) is 0 Å². The van der Waals surface area contributed by atoms with Crippen LogP contribution in [0.15, 0.2) is 0 Å². The van der Waals surface area contributed by atoms with Crippen LogP contribution in [0.3, 0.4) is 0 Å². The highest BCUT2D eigenvalue weighted by atomic mass is 16.5. The van der Waals surface area contributed by atoms with E-state index in [4.69, 9.17) is 9.84 Å². The second-order valence-corrected chi connectivity index (χ2v) is 5.43.